The fourth-order valence-electron chi connectivity index (χ4n) is 2.35. The highest BCUT2D eigenvalue weighted by Crippen LogP contribution is 2.17. The second kappa shape index (κ2) is 7.78. The van der Waals surface area contributed by atoms with Crippen LogP contribution in [0.5, 0.6) is 0 Å². The highest BCUT2D eigenvalue weighted by atomic mass is 16.8. The van der Waals surface area contributed by atoms with Gasteiger partial charge in [-0.1, -0.05) is 38.1 Å². The Morgan fingerprint density at radius 3 is 2.36 bits per heavy atom. The molecule has 1 aromatic carbocycles. The normalized spacial score (nSPS) is 12.0. The molecule has 134 valence electrons. The Kier molecular flexibility index (Phi) is 5.74. The summed E-state index contributed by atoms with van der Waals surface area (Å²) in [7, 11) is 0. The number of rotatable bonds is 5. The minimum absolute atomic E-state index is 0.0144. The molecule has 2 aromatic rings. The molecule has 0 radical (unpaired) electrons. The fraction of sp³-hybridized carbons (Fsp3) is 0.412. The first-order chi connectivity index (χ1) is 11.8. The van der Waals surface area contributed by atoms with Crippen molar-refractivity contribution in [2.75, 3.05) is 0 Å². The molecule has 0 aliphatic rings. The van der Waals surface area contributed by atoms with Crippen LogP contribution in [0.15, 0.2) is 28.9 Å². The van der Waals surface area contributed by atoms with Gasteiger partial charge in [0.1, 0.15) is 0 Å². The molecule has 2 N–H and O–H groups in total. The van der Waals surface area contributed by atoms with Crippen LogP contribution in [0.1, 0.15) is 54.0 Å². The van der Waals surface area contributed by atoms with E-state index in [2.05, 4.69) is 34.5 Å². The van der Waals surface area contributed by atoms with Crippen LogP contribution in [0.25, 0.3) is 0 Å². The topological polar surface area (TPSA) is 111 Å². The molecule has 1 unspecified atom stereocenters. The maximum absolute atomic E-state index is 12.2. The first kappa shape index (κ1) is 18.4. The lowest BCUT2D eigenvalue weighted by atomic mass is 9.96. The molecule has 8 heteroatoms. The van der Waals surface area contributed by atoms with E-state index in [1.807, 2.05) is 24.3 Å². The summed E-state index contributed by atoms with van der Waals surface area (Å²) in [4.78, 5) is 24.2. The number of amides is 2. The van der Waals surface area contributed by atoms with E-state index < -0.39 is 11.8 Å². The summed E-state index contributed by atoms with van der Waals surface area (Å²) >= 11 is 0. The second-order valence-electron chi connectivity index (χ2n) is 6.37. The number of carbonyl (C=O) groups is 2. The molecule has 1 heterocycles. The van der Waals surface area contributed by atoms with E-state index in [9.17, 15) is 14.8 Å². The largest absolute Gasteiger partial charge is 0.359 e. The molecule has 8 nitrogen and oxygen atoms in total. The van der Waals surface area contributed by atoms with E-state index in [4.69, 9.17) is 0 Å². The Balaban J connectivity index is 1.93. The van der Waals surface area contributed by atoms with E-state index in [-0.39, 0.29) is 22.2 Å². The van der Waals surface area contributed by atoms with Crippen molar-refractivity contribution in [1.29, 1.82) is 0 Å². The van der Waals surface area contributed by atoms with Crippen LogP contribution in [0.4, 0.5) is 0 Å². The zero-order chi connectivity index (χ0) is 18.6. The number of hydrogen-bond acceptors (Lipinski definition) is 5. The summed E-state index contributed by atoms with van der Waals surface area (Å²) in [5, 5.41) is 14.4. The van der Waals surface area contributed by atoms with E-state index in [0.29, 0.717) is 5.92 Å². The van der Waals surface area contributed by atoms with E-state index in [1.54, 1.807) is 6.92 Å². The predicted molar refractivity (Wildman–Crippen MR) is 89.2 cm³/mol. The van der Waals surface area contributed by atoms with Gasteiger partial charge in [0.2, 0.25) is 11.6 Å². The lowest BCUT2D eigenvalue weighted by Gasteiger charge is -2.13. The molecule has 0 spiro atoms. The van der Waals surface area contributed by atoms with Gasteiger partial charge in [0.15, 0.2) is 0 Å². The molecule has 2 rings (SSSR count). The lowest BCUT2D eigenvalue weighted by Crippen LogP contribution is -2.44. The van der Waals surface area contributed by atoms with Gasteiger partial charge in [0, 0.05) is 6.92 Å². The van der Waals surface area contributed by atoms with Gasteiger partial charge in [-0.2, -0.15) is 0 Å². The second-order valence-corrected chi connectivity index (χ2v) is 6.37. The number of nitrogens with one attached hydrogen (secondary N) is 2. The van der Waals surface area contributed by atoms with Gasteiger partial charge < -0.3 is 5.21 Å². The maximum atomic E-state index is 12.2. The van der Waals surface area contributed by atoms with Gasteiger partial charge in [0.25, 0.3) is 0 Å². The molecule has 0 aliphatic carbocycles. The van der Waals surface area contributed by atoms with Crippen molar-refractivity contribution in [3.63, 3.8) is 0 Å². The lowest BCUT2D eigenvalue weighted by molar-refractivity contribution is -0.806. The zero-order valence-corrected chi connectivity index (χ0v) is 14.7. The van der Waals surface area contributed by atoms with Crippen molar-refractivity contribution >= 4 is 11.8 Å². The fourth-order valence-corrected chi connectivity index (χ4v) is 2.35. The van der Waals surface area contributed by atoms with Crippen molar-refractivity contribution in [2.45, 2.75) is 40.0 Å². The van der Waals surface area contributed by atoms with E-state index in [1.165, 1.54) is 12.5 Å². The van der Waals surface area contributed by atoms with E-state index in [0.717, 1.165) is 12.0 Å². The molecule has 0 saturated carbocycles. The third kappa shape index (κ3) is 4.56. The molecular weight excluding hydrogens is 324 g/mol. The molecule has 0 saturated heterocycles. The average molecular weight is 346 g/mol. The standard InChI is InChI=1S/C17H22N4O4/c1-10(2)9-13-5-7-14(8-6-13)11(3)16(22)18-19-17(23)15-12(4)21(24)25-20-15/h5-8,10-11H,9H2,1-4H3,(H,18,22)(H,19,23). The number of aromatic nitrogens is 2. The Bertz CT molecular complexity index is 753. The summed E-state index contributed by atoms with van der Waals surface area (Å²) in [6.07, 6.45) is 0.980. The molecule has 0 bridgehead atoms. The van der Waals surface area contributed by atoms with Gasteiger partial charge in [-0.15, -0.1) is 0 Å². The highest BCUT2D eigenvalue weighted by Gasteiger charge is 2.24. The monoisotopic (exact) mass is 346 g/mol. The Labute approximate surface area is 145 Å². The van der Waals surface area contributed by atoms with Gasteiger partial charge >= 0.3 is 11.6 Å². The summed E-state index contributed by atoms with van der Waals surface area (Å²) in [5.74, 6) is -0.976. The summed E-state index contributed by atoms with van der Waals surface area (Å²) in [6.45, 7) is 7.43. The van der Waals surface area contributed by atoms with Gasteiger partial charge in [-0.3, -0.25) is 25.1 Å². The maximum Gasteiger partial charge on any atom is 0.320 e. The van der Waals surface area contributed by atoms with Crippen LogP contribution in [-0.2, 0) is 11.2 Å². The number of hydrogen-bond donors (Lipinski definition) is 2. The smallest absolute Gasteiger partial charge is 0.320 e. The minimum Gasteiger partial charge on any atom is -0.359 e. The SMILES string of the molecule is Cc1c(C(=O)NNC(=O)C(C)c2ccc(CC(C)C)cc2)no[n+]1[O-]. The van der Waals surface area contributed by atoms with Crippen LogP contribution in [0.2, 0.25) is 0 Å². The van der Waals surface area contributed by atoms with Gasteiger partial charge in [-0.05, 0) is 35.3 Å². The summed E-state index contributed by atoms with van der Waals surface area (Å²) in [5.41, 5.74) is 6.45. The van der Waals surface area contributed by atoms with Crippen LogP contribution in [0.3, 0.4) is 0 Å². The van der Waals surface area contributed by atoms with Crippen molar-refractivity contribution < 1.29 is 19.1 Å². The molecule has 25 heavy (non-hydrogen) atoms. The van der Waals surface area contributed by atoms with Crippen molar-refractivity contribution in [3.05, 3.63) is 52.0 Å². The molecule has 2 amide bonds. The molecular formula is C17H22N4O4. The molecule has 1 aromatic heterocycles. The predicted octanol–water partition coefficient (Wildman–Crippen LogP) is 1.38. The van der Waals surface area contributed by atoms with Gasteiger partial charge in [-0.25, -0.2) is 0 Å². The molecule has 0 fully saturated rings. The molecule has 1 atom stereocenters. The van der Waals surface area contributed by atoms with E-state index >= 15 is 0 Å². The van der Waals surface area contributed by atoms with Gasteiger partial charge in [0.05, 0.1) is 11.1 Å². The third-order valence-corrected chi connectivity index (χ3v) is 3.85. The quantitative estimate of drug-likeness (QED) is 0.627. The van der Waals surface area contributed by atoms with Crippen LogP contribution < -0.4 is 15.8 Å². The highest BCUT2D eigenvalue weighted by molar-refractivity contribution is 5.94. The minimum atomic E-state index is -0.719. The van der Waals surface area contributed by atoms with Crippen molar-refractivity contribution in [2.24, 2.45) is 5.92 Å². The first-order valence-electron chi connectivity index (χ1n) is 8.05. The third-order valence-electron chi connectivity index (χ3n) is 3.85. The summed E-state index contributed by atoms with van der Waals surface area (Å²) < 4.78 is 4.32. The number of hydrazine groups is 1. The Hall–Kier alpha value is -2.90. The summed E-state index contributed by atoms with van der Waals surface area (Å²) in [6, 6.07) is 7.82. The molecule has 0 aliphatic heterocycles. The Morgan fingerprint density at radius 2 is 1.84 bits per heavy atom. The number of nitrogens with zero attached hydrogens (tertiary/aromatic N) is 2. The first-order valence-corrected chi connectivity index (χ1v) is 8.05. The number of benzene rings is 1. The van der Waals surface area contributed by atoms with Crippen LogP contribution >= 0.6 is 0 Å². The average Bonchev–Trinajstić information content (AvgIpc) is 2.91. The van der Waals surface area contributed by atoms with Crippen molar-refractivity contribution in [1.82, 2.24) is 16.0 Å². The Morgan fingerprint density at radius 1 is 1.20 bits per heavy atom. The van der Waals surface area contributed by atoms with Crippen LogP contribution in [-0.4, -0.2) is 17.0 Å². The zero-order valence-electron chi connectivity index (χ0n) is 14.7. The number of carbonyl (C=O) groups excluding carboxylic acids is 2. The van der Waals surface area contributed by atoms with Crippen molar-refractivity contribution in [3.8, 4) is 0 Å². The van der Waals surface area contributed by atoms with Crippen LogP contribution in [0, 0.1) is 18.0 Å².